The molecular formula is C19H21F2N5. The molecule has 0 saturated carbocycles. The van der Waals surface area contributed by atoms with Crippen LogP contribution in [0.1, 0.15) is 18.1 Å². The summed E-state index contributed by atoms with van der Waals surface area (Å²) in [7, 11) is 0. The highest BCUT2D eigenvalue weighted by Gasteiger charge is 2.22. The van der Waals surface area contributed by atoms with E-state index >= 15 is 0 Å². The van der Waals surface area contributed by atoms with Crippen molar-refractivity contribution < 1.29 is 8.78 Å². The number of para-hydroxylation sites is 2. The van der Waals surface area contributed by atoms with Gasteiger partial charge >= 0.3 is 6.55 Å². The molecule has 1 aliphatic heterocycles. The van der Waals surface area contributed by atoms with Crippen LogP contribution in [0.5, 0.6) is 0 Å². The zero-order valence-electron chi connectivity index (χ0n) is 14.4. The van der Waals surface area contributed by atoms with Crippen LogP contribution >= 0.6 is 0 Å². The van der Waals surface area contributed by atoms with E-state index < -0.39 is 6.55 Å². The minimum Gasteiger partial charge on any atom is -0.295 e. The predicted molar refractivity (Wildman–Crippen MR) is 95.8 cm³/mol. The molecule has 1 aliphatic rings. The fourth-order valence-corrected chi connectivity index (χ4v) is 3.45. The van der Waals surface area contributed by atoms with Crippen molar-refractivity contribution >= 4 is 11.0 Å². The van der Waals surface area contributed by atoms with Crippen LogP contribution in [0.3, 0.4) is 0 Å². The molecule has 0 bridgehead atoms. The molecule has 0 radical (unpaired) electrons. The maximum Gasteiger partial charge on any atom is 0.320 e. The molecule has 0 spiro atoms. The number of piperazine rings is 1. The Labute approximate surface area is 150 Å². The van der Waals surface area contributed by atoms with Gasteiger partial charge in [-0.3, -0.25) is 19.4 Å². The average molecular weight is 357 g/mol. The summed E-state index contributed by atoms with van der Waals surface area (Å²) in [6.45, 7) is 2.14. The molecule has 26 heavy (non-hydrogen) atoms. The molecule has 136 valence electrons. The van der Waals surface area contributed by atoms with Crippen LogP contribution in [0.2, 0.25) is 0 Å². The van der Waals surface area contributed by atoms with Crippen LogP contribution in [0, 0.1) is 0 Å². The lowest BCUT2D eigenvalue weighted by molar-refractivity contribution is 0.0643. The summed E-state index contributed by atoms with van der Waals surface area (Å²) in [5, 5.41) is 0. The van der Waals surface area contributed by atoms with Gasteiger partial charge in [-0.1, -0.05) is 18.2 Å². The van der Waals surface area contributed by atoms with Gasteiger partial charge < -0.3 is 0 Å². The zero-order chi connectivity index (χ0) is 17.9. The number of benzene rings is 1. The Morgan fingerprint density at radius 2 is 1.58 bits per heavy atom. The Balaban J connectivity index is 1.42. The first-order chi connectivity index (χ1) is 12.7. The van der Waals surface area contributed by atoms with Crippen molar-refractivity contribution in [3.05, 3.63) is 60.2 Å². The van der Waals surface area contributed by atoms with E-state index in [1.54, 1.807) is 24.4 Å². The van der Waals surface area contributed by atoms with Gasteiger partial charge in [0, 0.05) is 38.9 Å². The van der Waals surface area contributed by atoms with Gasteiger partial charge in [0.1, 0.15) is 5.82 Å². The highest BCUT2D eigenvalue weighted by Crippen LogP contribution is 2.24. The maximum absolute atomic E-state index is 13.5. The summed E-state index contributed by atoms with van der Waals surface area (Å²) in [6.07, 6.45) is 1.81. The van der Waals surface area contributed by atoms with Gasteiger partial charge in [0.25, 0.3) is 0 Å². The van der Waals surface area contributed by atoms with Gasteiger partial charge in [-0.15, -0.1) is 0 Å². The highest BCUT2D eigenvalue weighted by molar-refractivity contribution is 5.75. The molecule has 0 N–H and O–H groups in total. The third-order valence-electron chi connectivity index (χ3n) is 4.81. The van der Waals surface area contributed by atoms with E-state index in [4.69, 9.17) is 0 Å². The number of hydrogen-bond donors (Lipinski definition) is 0. The minimum atomic E-state index is -2.58. The Morgan fingerprint density at radius 1 is 0.885 bits per heavy atom. The van der Waals surface area contributed by atoms with E-state index in [9.17, 15) is 8.78 Å². The van der Waals surface area contributed by atoms with Gasteiger partial charge in [0.2, 0.25) is 0 Å². The predicted octanol–water partition coefficient (Wildman–Crippen LogP) is 3.14. The first-order valence-electron chi connectivity index (χ1n) is 8.79. The lowest BCUT2D eigenvalue weighted by atomic mass is 10.2. The molecule has 1 saturated heterocycles. The summed E-state index contributed by atoms with van der Waals surface area (Å²) < 4.78 is 28.1. The molecule has 4 rings (SSSR count). The second-order valence-corrected chi connectivity index (χ2v) is 6.54. The fourth-order valence-electron chi connectivity index (χ4n) is 3.45. The Kier molecular flexibility index (Phi) is 4.90. The zero-order valence-corrected chi connectivity index (χ0v) is 14.4. The van der Waals surface area contributed by atoms with Crippen molar-refractivity contribution in [1.29, 1.82) is 0 Å². The number of hydrogen-bond acceptors (Lipinski definition) is 4. The van der Waals surface area contributed by atoms with Gasteiger partial charge in [-0.05, 0) is 24.3 Å². The summed E-state index contributed by atoms with van der Waals surface area (Å²) >= 11 is 0. The van der Waals surface area contributed by atoms with Gasteiger partial charge in [0.15, 0.2) is 0 Å². The van der Waals surface area contributed by atoms with E-state index in [1.807, 2.05) is 24.3 Å². The van der Waals surface area contributed by atoms with Crippen LogP contribution in [0.15, 0.2) is 48.7 Å². The van der Waals surface area contributed by atoms with Crippen molar-refractivity contribution in [1.82, 2.24) is 24.3 Å². The quantitative estimate of drug-likeness (QED) is 0.703. The third-order valence-corrected chi connectivity index (χ3v) is 4.81. The molecule has 0 atom stereocenters. The minimum absolute atomic E-state index is 0.430. The Hall–Kier alpha value is -2.38. The van der Waals surface area contributed by atoms with Gasteiger partial charge in [-0.2, -0.15) is 8.78 Å². The Bertz CT molecular complexity index is 857. The third kappa shape index (κ3) is 3.59. The van der Waals surface area contributed by atoms with E-state index in [1.165, 1.54) is 0 Å². The molecule has 1 fully saturated rings. The number of imidazole rings is 1. The van der Waals surface area contributed by atoms with E-state index in [2.05, 4.69) is 19.8 Å². The lowest BCUT2D eigenvalue weighted by Gasteiger charge is -2.34. The summed E-state index contributed by atoms with van der Waals surface area (Å²) in [4.78, 5) is 13.3. The number of rotatable bonds is 5. The molecule has 1 aromatic carbocycles. The molecule has 3 heterocycles. The molecule has 0 unspecified atom stereocenters. The average Bonchev–Trinajstić information content (AvgIpc) is 3.02. The molecule has 0 amide bonds. The number of alkyl halides is 2. The lowest BCUT2D eigenvalue weighted by Crippen LogP contribution is -2.45. The number of halogens is 2. The second-order valence-electron chi connectivity index (χ2n) is 6.54. The first-order valence-corrected chi connectivity index (χ1v) is 8.79. The van der Waals surface area contributed by atoms with Crippen molar-refractivity contribution in [2.24, 2.45) is 0 Å². The standard InChI is InChI=1S/C19H21F2N5/c20-19(21)26-17-7-2-1-6-16(17)23-18(26)14-25-11-9-24(10-12-25)13-15-5-3-4-8-22-15/h1-8,19H,9-14H2. The second kappa shape index (κ2) is 7.47. The van der Waals surface area contributed by atoms with Crippen LogP contribution < -0.4 is 0 Å². The van der Waals surface area contributed by atoms with Crippen molar-refractivity contribution in [3.63, 3.8) is 0 Å². The van der Waals surface area contributed by atoms with Crippen molar-refractivity contribution in [3.8, 4) is 0 Å². The fraction of sp³-hybridized carbons (Fsp3) is 0.368. The maximum atomic E-state index is 13.5. The molecule has 5 nitrogen and oxygen atoms in total. The van der Waals surface area contributed by atoms with Crippen LogP contribution in [0.25, 0.3) is 11.0 Å². The monoisotopic (exact) mass is 357 g/mol. The van der Waals surface area contributed by atoms with Crippen LogP contribution in [-0.4, -0.2) is 50.5 Å². The molecule has 2 aromatic heterocycles. The summed E-state index contributed by atoms with van der Waals surface area (Å²) in [6, 6.07) is 13.0. The van der Waals surface area contributed by atoms with E-state index in [-0.39, 0.29) is 0 Å². The number of pyridine rings is 1. The SMILES string of the molecule is FC(F)n1c(CN2CCN(Cc3ccccn3)CC2)nc2ccccc21. The normalized spacial score (nSPS) is 16.6. The van der Waals surface area contributed by atoms with Crippen LogP contribution in [0.4, 0.5) is 8.78 Å². The van der Waals surface area contributed by atoms with E-state index in [0.29, 0.717) is 23.4 Å². The van der Waals surface area contributed by atoms with Gasteiger partial charge in [-0.25, -0.2) is 4.98 Å². The molecule has 7 heteroatoms. The number of aromatic nitrogens is 3. The smallest absolute Gasteiger partial charge is 0.295 e. The molecule has 3 aromatic rings. The highest BCUT2D eigenvalue weighted by atomic mass is 19.3. The van der Waals surface area contributed by atoms with Crippen molar-refractivity contribution in [2.75, 3.05) is 26.2 Å². The molecular weight excluding hydrogens is 336 g/mol. The number of fused-ring (bicyclic) bond motifs is 1. The summed E-state index contributed by atoms with van der Waals surface area (Å²) in [5.74, 6) is 0.430. The largest absolute Gasteiger partial charge is 0.320 e. The number of nitrogens with zero attached hydrogens (tertiary/aromatic N) is 5. The Morgan fingerprint density at radius 3 is 2.27 bits per heavy atom. The topological polar surface area (TPSA) is 37.2 Å². The summed E-state index contributed by atoms with van der Waals surface area (Å²) in [5.41, 5.74) is 2.17. The van der Waals surface area contributed by atoms with Crippen LogP contribution in [-0.2, 0) is 13.1 Å². The van der Waals surface area contributed by atoms with Gasteiger partial charge in [0.05, 0.1) is 23.3 Å². The molecule has 0 aliphatic carbocycles. The van der Waals surface area contributed by atoms with E-state index in [0.717, 1.165) is 43.0 Å². The first kappa shape index (κ1) is 17.1. The van der Waals surface area contributed by atoms with Crippen molar-refractivity contribution in [2.45, 2.75) is 19.6 Å².